The number of halogens is 1. The molecular weight excluding hydrogens is 311 g/mol. The Morgan fingerprint density at radius 3 is 3.00 bits per heavy atom. The molecule has 23 heavy (non-hydrogen) atoms. The third-order valence-electron chi connectivity index (χ3n) is 5.19. The van der Waals surface area contributed by atoms with Crippen LogP contribution in [-0.4, -0.2) is 60.6 Å². The molecule has 3 rings (SSSR count). The van der Waals surface area contributed by atoms with E-state index in [0.717, 1.165) is 24.4 Å². The van der Waals surface area contributed by atoms with E-state index in [4.69, 9.17) is 4.74 Å². The topological polar surface area (TPSA) is 15.7 Å². The maximum absolute atomic E-state index is 14.2. The molecule has 3 nitrogen and oxygen atoms in total. The Balaban J connectivity index is 1.74. The zero-order valence-electron chi connectivity index (χ0n) is 14.1. The SMILES string of the molecule is COc1ccc(F)c(CN2C[C@@H]3CCCN3C[C@H]2CCSC)c1. The molecule has 0 aromatic heterocycles. The molecule has 0 N–H and O–H groups in total. The average molecular weight is 338 g/mol. The van der Waals surface area contributed by atoms with Crippen molar-refractivity contribution in [2.75, 3.05) is 38.8 Å². The molecule has 0 amide bonds. The van der Waals surface area contributed by atoms with Crippen LogP contribution in [0.3, 0.4) is 0 Å². The van der Waals surface area contributed by atoms with Crippen LogP contribution in [-0.2, 0) is 6.54 Å². The van der Waals surface area contributed by atoms with E-state index < -0.39 is 0 Å². The summed E-state index contributed by atoms with van der Waals surface area (Å²) in [5, 5.41) is 0. The number of benzene rings is 1. The first-order valence-corrected chi connectivity index (χ1v) is 9.90. The van der Waals surface area contributed by atoms with Crippen LogP contribution in [0.4, 0.5) is 4.39 Å². The lowest BCUT2D eigenvalue weighted by Gasteiger charge is -2.44. The lowest BCUT2D eigenvalue weighted by molar-refractivity contribution is 0.0435. The fourth-order valence-corrected chi connectivity index (χ4v) is 4.40. The molecule has 0 spiro atoms. The molecule has 2 aliphatic rings. The van der Waals surface area contributed by atoms with Crippen LogP contribution in [0.1, 0.15) is 24.8 Å². The van der Waals surface area contributed by atoms with Crippen LogP contribution in [0.15, 0.2) is 18.2 Å². The molecule has 1 aromatic carbocycles. The molecule has 5 heteroatoms. The summed E-state index contributed by atoms with van der Waals surface area (Å²) in [6.07, 6.45) is 5.93. The van der Waals surface area contributed by atoms with Gasteiger partial charge in [-0.15, -0.1) is 0 Å². The quantitative estimate of drug-likeness (QED) is 0.791. The third-order valence-corrected chi connectivity index (χ3v) is 5.83. The summed E-state index contributed by atoms with van der Waals surface area (Å²) in [4.78, 5) is 5.14. The van der Waals surface area contributed by atoms with E-state index in [1.54, 1.807) is 13.2 Å². The molecule has 2 saturated heterocycles. The Morgan fingerprint density at radius 2 is 2.22 bits per heavy atom. The van der Waals surface area contributed by atoms with E-state index in [2.05, 4.69) is 16.1 Å². The minimum absolute atomic E-state index is 0.122. The summed E-state index contributed by atoms with van der Waals surface area (Å²) < 4.78 is 19.5. The first-order valence-electron chi connectivity index (χ1n) is 8.50. The Labute approximate surface area is 143 Å². The van der Waals surface area contributed by atoms with E-state index in [1.165, 1.54) is 37.6 Å². The number of ether oxygens (including phenoxy) is 1. The van der Waals surface area contributed by atoms with Crippen molar-refractivity contribution in [1.29, 1.82) is 0 Å². The van der Waals surface area contributed by atoms with Crippen molar-refractivity contribution in [3.8, 4) is 5.75 Å². The average Bonchev–Trinajstić information content (AvgIpc) is 3.01. The molecule has 2 atom stereocenters. The zero-order valence-corrected chi connectivity index (χ0v) is 14.9. The van der Waals surface area contributed by atoms with E-state index in [-0.39, 0.29) is 5.82 Å². The standard InChI is InChI=1S/C18H27FN2OS/c1-22-17-5-6-18(19)14(10-17)11-21-13-15-4-3-8-20(15)12-16(21)7-9-23-2/h5-6,10,15-16H,3-4,7-9,11-13H2,1-2H3/t15-,16+/m0/s1. The van der Waals surface area contributed by atoms with Gasteiger partial charge in [0.2, 0.25) is 0 Å². The van der Waals surface area contributed by atoms with Gasteiger partial charge in [0.15, 0.2) is 0 Å². The van der Waals surface area contributed by atoms with Crippen molar-refractivity contribution in [2.24, 2.45) is 0 Å². The van der Waals surface area contributed by atoms with Gasteiger partial charge in [0, 0.05) is 37.3 Å². The second-order valence-corrected chi connectivity index (χ2v) is 7.60. The number of rotatable bonds is 6. The zero-order chi connectivity index (χ0) is 16.2. The molecule has 0 radical (unpaired) electrons. The number of hydrogen-bond donors (Lipinski definition) is 0. The number of nitrogens with zero attached hydrogens (tertiary/aromatic N) is 2. The van der Waals surface area contributed by atoms with Gasteiger partial charge in [0.05, 0.1) is 7.11 Å². The van der Waals surface area contributed by atoms with Crippen molar-refractivity contribution < 1.29 is 9.13 Å². The predicted octanol–water partition coefficient (Wildman–Crippen LogP) is 3.24. The summed E-state index contributed by atoms with van der Waals surface area (Å²) >= 11 is 1.90. The number of fused-ring (bicyclic) bond motifs is 1. The fraction of sp³-hybridized carbons (Fsp3) is 0.667. The van der Waals surface area contributed by atoms with Crippen molar-refractivity contribution in [1.82, 2.24) is 9.80 Å². The highest BCUT2D eigenvalue weighted by Crippen LogP contribution is 2.28. The van der Waals surface area contributed by atoms with Crippen LogP contribution in [0.5, 0.6) is 5.75 Å². The maximum atomic E-state index is 14.2. The third kappa shape index (κ3) is 4.01. The summed E-state index contributed by atoms with van der Waals surface area (Å²) in [5.74, 6) is 1.78. The number of thioether (sulfide) groups is 1. The van der Waals surface area contributed by atoms with Crippen LogP contribution in [0.2, 0.25) is 0 Å². The van der Waals surface area contributed by atoms with Crippen molar-refractivity contribution in [2.45, 2.75) is 37.9 Å². The molecule has 2 aliphatic heterocycles. The van der Waals surface area contributed by atoms with E-state index in [0.29, 0.717) is 18.6 Å². The lowest BCUT2D eigenvalue weighted by Crippen LogP contribution is -2.55. The number of piperazine rings is 1. The Bertz CT molecular complexity index is 528. The summed E-state index contributed by atoms with van der Waals surface area (Å²) in [6, 6.07) is 6.26. The van der Waals surface area contributed by atoms with Crippen molar-refractivity contribution in [3.05, 3.63) is 29.6 Å². The number of methoxy groups -OCH3 is 1. The Morgan fingerprint density at radius 1 is 1.35 bits per heavy atom. The van der Waals surface area contributed by atoms with Gasteiger partial charge in [-0.2, -0.15) is 11.8 Å². The lowest BCUT2D eigenvalue weighted by atomic mass is 10.0. The van der Waals surface area contributed by atoms with Crippen molar-refractivity contribution >= 4 is 11.8 Å². The summed E-state index contributed by atoms with van der Waals surface area (Å²) in [7, 11) is 1.63. The second-order valence-electron chi connectivity index (χ2n) is 6.61. The van der Waals surface area contributed by atoms with Gasteiger partial charge in [-0.3, -0.25) is 9.80 Å². The summed E-state index contributed by atoms with van der Waals surface area (Å²) in [6.45, 7) is 4.13. The number of hydrogen-bond acceptors (Lipinski definition) is 4. The van der Waals surface area contributed by atoms with Gasteiger partial charge < -0.3 is 4.74 Å². The van der Waals surface area contributed by atoms with Crippen LogP contribution in [0.25, 0.3) is 0 Å². The van der Waals surface area contributed by atoms with Crippen molar-refractivity contribution in [3.63, 3.8) is 0 Å². The summed E-state index contributed by atoms with van der Waals surface area (Å²) in [5.41, 5.74) is 0.755. The molecule has 2 heterocycles. The highest BCUT2D eigenvalue weighted by atomic mass is 32.2. The molecule has 0 aliphatic carbocycles. The smallest absolute Gasteiger partial charge is 0.127 e. The monoisotopic (exact) mass is 338 g/mol. The molecule has 1 aromatic rings. The van der Waals surface area contributed by atoms with Gasteiger partial charge in [-0.05, 0) is 56.0 Å². The highest BCUT2D eigenvalue weighted by molar-refractivity contribution is 7.98. The van der Waals surface area contributed by atoms with Gasteiger partial charge in [0.25, 0.3) is 0 Å². The fourth-order valence-electron chi connectivity index (χ4n) is 3.89. The molecule has 2 fully saturated rings. The van der Waals surface area contributed by atoms with Gasteiger partial charge in [0.1, 0.15) is 11.6 Å². The maximum Gasteiger partial charge on any atom is 0.127 e. The van der Waals surface area contributed by atoms with Crippen LogP contribution >= 0.6 is 11.8 Å². The minimum atomic E-state index is -0.122. The van der Waals surface area contributed by atoms with Gasteiger partial charge >= 0.3 is 0 Å². The first-order chi connectivity index (χ1) is 11.2. The largest absolute Gasteiger partial charge is 0.497 e. The predicted molar refractivity (Wildman–Crippen MR) is 94.7 cm³/mol. The molecule has 0 saturated carbocycles. The second kappa shape index (κ2) is 7.86. The highest BCUT2D eigenvalue weighted by Gasteiger charge is 2.36. The normalized spacial score (nSPS) is 25.5. The van der Waals surface area contributed by atoms with E-state index in [9.17, 15) is 4.39 Å². The van der Waals surface area contributed by atoms with Gasteiger partial charge in [-0.25, -0.2) is 4.39 Å². The van der Waals surface area contributed by atoms with Crippen LogP contribution < -0.4 is 4.74 Å². The van der Waals surface area contributed by atoms with Gasteiger partial charge in [-0.1, -0.05) is 0 Å². The molecular formula is C18H27FN2OS. The minimum Gasteiger partial charge on any atom is -0.497 e. The Hall–Kier alpha value is -0.780. The molecule has 0 bridgehead atoms. The first kappa shape index (κ1) is 17.1. The molecule has 128 valence electrons. The van der Waals surface area contributed by atoms with E-state index in [1.807, 2.05) is 17.8 Å². The van der Waals surface area contributed by atoms with Crippen LogP contribution in [0, 0.1) is 5.82 Å². The molecule has 0 unspecified atom stereocenters. The van der Waals surface area contributed by atoms with E-state index >= 15 is 0 Å². The Kier molecular flexibility index (Phi) is 5.83.